The number of likely N-dealkylation sites (tertiary alicyclic amines) is 1. The molecule has 31 heavy (non-hydrogen) atoms. The first kappa shape index (κ1) is 23.2. The summed E-state index contributed by atoms with van der Waals surface area (Å²) >= 11 is 0. The van der Waals surface area contributed by atoms with Crippen molar-refractivity contribution in [2.75, 3.05) is 32.8 Å². The van der Waals surface area contributed by atoms with Crippen LogP contribution in [0.2, 0.25) is 0 Å². The fourth-order valence-corrected chi connectivity index (χ4v) is 5.27. The third-order valence-electron chi connectivity index (χ3n) is 5.71. The maximum Gasteiger partial charge on any atom is 0.243 e. The number of rotatable bonds is 6. The minimum Gasteiger partial charge on any atom is -0.494 e. The van der Waals surface area contributed by atoms with Crippen LogP contribution in [0.4, 0.5) is 0 Å². The first-order chi connectivity index (χ1) is 14.8. The molecule has 10 heteroatoms. The van der Waals surface area contributed by atoms with Crippen LogP contribution in [-0.4, -0.2) is 67.9 Å². The van der Waals surface area contributed by atoms with E-state index < -0.39 is 10.0 Å². The van der Waals surface area contributed by atoms with Crippen molar-refractivity contribution in [3.8, 4) is 5.75 Å². The van der Waals surface area contributed by atoms with Crippen molar-refractivity contribution in [3.05, 3.63) is 24.3 Å². The Morgan fingerprint density at radius 3 is 2.26 bits per heavy atom. The molecule has 0 saturated carbocycles. The van der Waals surface area contributed by atoms with Crippen LogP contribution in [0.5, 0.6) is 5.75 Å². The molecule has 170 valence electrons. The summed E-state index contributed by atoms with van der Waals surface area (Å²) in [4.78, 5) is 25.8. The fourth-order valence-electron chi connectivity index (χ4n) is 3.80. The molecule has 0 aromatic heterocycles. The smallest absolute Gasteiger partial charge is 0.243 e. The zero-order chi connectivity index (χ0) is 22.4. The average Bonchev–Trinajstić information content (AvgIpc) is 2.78. The highest BCUT2D eigenvalue weighted by atomic mass is 32.2. The minimum atomic E-state index is -3.60. The van der Waals surface area contributed by atoms with Crippen LogP contribution in [0.3, 0.4) is 0 Å². The molecular weight excluding hydrogens is 420 g/mol. The van der Waals surface area contributed by atoms with E-state index in [9.17, 15) is 18.0 Å². The zero-order valence-corrected chi connectivity index (χ0v) is 18.9. The Labute approximate surface area is 183 Å². The summed E-state index contributed by atoms with van der Waals surface area (Å²) in [6.45, 7) is 5.75. The number of carbonyl (C=O) groups is 2. The normalized spacial score (nSPS) is 18.5. The second-order valence-corrected chi connectivity index (χ2v) is 9.68. The highest BCUT2D eigenvalue weighted by Crippen LogP contribution is 2.25. The molecule has 0 spiro atoms. The zero-order valence-electron chi connectivity index (χ0n) is 18.0. The molecule has 2 aliphatic heterocycles. The summed E-state index contributed by atoms with van der Waals surface area (Å²) in [5, 5.41) is 4.23. The predicted molar refractivity (Wildman–Crippen MR) is 116 cm³/mol. The molecule has 1 aromatic carbocycles. The van der Waals surface area contributed by atoms with Gasteiger partial charge in [-0.05, 0) is 44.0 Å². The number of hydrogen-bond acceptors (Lipinski definition) is 6. The van der Waals surface area contributed by atoms with Gasteiger partial charge in [-0.1, -0.05) is 0 Å². The number of carbonyl (C=O) groups excluding carboxylic acids is 2. The second kappa shape index (κ2) is 10.2. The third kappa shape index (κ3) is 5.82. The summed E-state index contributed by atoms with van der Waals surface area (Å²) in [5.41, 5.74) is 3.51. The molecule has 0 unspecified atom stereocenters. The van der Waals surface area contributed by atoms with Crippen molar-refractivity contribution in [1.29, 1.82) is 0 Å². The molecule has 2 fully saturated rings. The molecule has 2 aliphatic rings. The van der Waals surface area contributed by atoms with Crippen LogP contribution in [0.15, 0.2) is 34.3 Å². The molecular formula is C21H30N4O5S. The molecule has 1 N–H and O–H groups in total. The fraction of sp³-hybridized carbons (Fsp3) is 0.571. The number of nitrogens with one attached hydrogen (secondary N) is 1. The van der Waals surface area contributed by atoms with Crippen molar-refractivity contribution < 1.29 is 22.7 Å². The van der Waals surface area contributed by atoms with E-state index in [-0.39, 0.29) is 35.7 Å². The van der Waals surface area contributed by atoms with Gasteiger partial charge < -0.3 is 9.64 Å². The molecule has 2 saturated heterocycles. The third-order valence-corrected chi connectivity index (χ3v) is 7.62. The van der Waals surface area contributed by atoms with Gasteiger partial charge in [0, 0.05) is 57.6 Å². The predicted octanol–water partition coefficient (Wildman–Crippen LogP) is 1.60. The van der Waals surface area contributed by atoms with Crippen LogP contribution >= 0.6 is 0 Å². The maximum atomic E-state index is 12.9. The summed E-state index contributed by atoms with van der Waals surface area (Å²) in [6, 6.07) is 6.40. The Kier molecular flexibility index (Phi) is 7.66. The van der Waals surface area contributed by atoms with Gasteiger partial charge in [0.15, 0.2) is 0 Å². The van der Waals surface area contributed by atoms with E-state index in [0.717, 1.165) is 5.71 Å². The van der Waals surface area contributed by atoms with Gasteiger partial charge in [-0.15, -0.1) is 0 Å². The van der Waals surface area contributed by atoms with E-state index in [1.165, 1.54) is 4.31 Å². The van der Waals surface area contributed by atoms with Crippen LogP contribution < -0.4 is 10.2 Å². The number of ether oxygens (including phenoxy) is 1. The second-order valence-electron chi connectivity index (χ2n) is 7.74. The van der Waals surface area contributed by atoms with Crippen molar-refractivity contribution in [2.45, 2.75) is 44.4 Å². The molecule has 0 radical (unpaired) electrons. The van der Waals surface area contributed by atoms with Gasteiger partial charge >= 0.3 is 0 Å². The number of amides is 2. The number of piperidine rings is 2. The van der Waals surface area contributed by atoms with E-state index >= 15 is 0 Å². The SMILES string of the molecule is CCOc1ccc(S(=O)(=O)N2CCC(C(=O)NN=C3CCN(C(C)=O)CC3)CC2)cc1. The Morgan fingerprint density at radius 1 is 1.10 bits per heavy atom. The molecule has 3 rings (SSSR count). The molecule has 1 aromatic rings. The van der Waals surface area contributed by atoms with E-state index in [4.69, 9.17) is 4.74 Å². The maximum absolute atomic E-state index is 12.9. The lowest BCUT2D eigenvalue weighted by Gasteiger charge is -2.30. The molecule has 0 atom stereocenters. The minimum absolute atomic E-state index is 0.0510. The lowest BCUT2D eigenvalue weighted by atomic mass is 9.98. The van der Waals surface area contributed by atoms with Crippen LogP contribution in [0, 0.1) is 5.92 Å². The number of benzene rings is 1. The number of hydrazone groups is 1. The van der Waals surface area contributed by atoms with Gasteiger partial charge in [-0.3, -0.25) is 9.59 Å². The quantitative estimate of drug-likeness (QED) is 0.663. The molecule has 2 amide bonds. The Bertz CT molecular complexity index is 912. The lowest BCUT2D eigenvalue weighted by Crippen LogP contribution is -2.42. The van der Waals surface area contributed by atoms with Crippen LogP contribution in [0.1, 0.15) is 39.5 Å². The summed E-state index contributed by atoms with van der Waals surface area (Å²) < 4.78 is 32.5. The van der Waals surface area contributed by atoms with Gasteiger partial charge in [-0.25, -0.2) is 13.8 Å². The highest BCUT2D eigenvalue weighted by molar-refractivity contribution is 7.89. The highest BCUT2D eigenvalue weighted by Gasteiger charge is 2.32. The largest absolute Gasteiger partial charge is 0.494 e. The number of nitrogens with zero attached hydrogens (tertiary/aromatic N) is 3. The summed E-state index contributed by atoms with van der Waals surface area (Å²) in [5.74, 6) is 0.230. The van der Waals surface area contributed by atoms with Gasteiger partial charge in [0.25, 0.3) is 0 Å². The topological polar surface area (TPSA) is 108 Å². The monoisotopic (exact) mass is 450 g/mol. The molecule has 2 heterocycles. The van der Waals surface area contributed by atoms with E-state index in [0.29, 0.717) is 51.1 Å². The van der Waals surface area contributed by atoms with Crippen molar-refractivity contribution in [1.82, 2.24) is 14.6 Å². The van der Waals surface area contributed by atoms with E-state index in [1.54, 1.807) is 36.1 Å². The number of hydrogen-bond donors (Lipinski definition) is 1. The van der Waals surface area contributed by atoms with Gasteiger partial charge in [0.2, 0.25) is 21.8 Å². The van der Waals surface area contributed by atoms with Crippen molar-refractivity contribution in [2.24, 2.45) is 11.0 Å². The van der Waals surface area contributed by atoms with Crippen LogP contribution in [-0.2, 0) is 19.6 Å². The van der Waals surface area contributed by atoms with Gasteiger partial charge in [-0.2, -0.15) is 9.41 Å². The van der Waals surface area contributed by atoms with Gasteiger partial charge in [0.05, 0.1) is 11.5 Å². The van der Waals surface area contributed by atoms with E-state index in [2.05, 4.69) is 10.5 Å². The molecule has 9 nitrogen and oxygen atoms in total. The number of sulfonamides is 1. The summed E-state index contributed by atoms with van der Waals surface area (Å²) in [6.07, 6.45) is 2.20. The van der Waals surface area contributed by atoms with Crippen LogP contribution in [0.25, 0.3) is 0 Å². The standard InChI is InChI=1S/C21H30N4O5S/c1-3-30-19-4-6-20(7-5-19)31(28,29)25-14-8-17(9-15-25)21(27)23-22-18-10-12-24(13-11-18)16(2)26/h4-7,17H,3,8-15H2,1-2H3,(H,23,27). The average molecular weight is 451 g/mol. The first-order valence-electron chi connectivity index (χ1n) is 10.6. The summed E-state index contributed by atoms with van der Waals surface area (Å²) in [7, 11) is -3.60. The van der Waals surface area contributed by atoms with E-state index in [1.807, 2.05) is 6.92 Å². The first-order valence-corrected chi connectivity index (χ1v) is 12.1. The van der Waals surface area contributed by atoms with Gasteiger partial charge in [0.1, 0.15) is 5.75 Å². The lowest BCUT2D eigenvalue weighted by molar-refractivity contribution is -0.129. The molecule has 0 aliphatic carbocycles. The molecule has 0 bridgehead atoms. The van der Waals surface area contributed by atoms with Crippen molar-refractivity contribution in [3.63, 3.8) is 0 Å². The Balaban J connectivity index is 1.50. The van der Waals surface area contributed by atoms with Crippen molar-refractivity contribution >= 4 is 27.5 Å². The Hall–Kier alpha value is -2.46. The Morgan fingerprint density at radius 2 is 1.71 bits per heavy atom.